The van der Waals surface area contributed by atoms with Crippen molar-refractivity contribution < 1.29 is 13.5 Å². The van der Waals surface area contributed by atoms with E-state index in [2.05, 4.69) is 19.2 Å². The molecule has 4 heteroatoms. The largest absolute Gasteiger partial charge is 0.491 e. The van der Waals surface area contributed by atoms with Crippen LogP contribution >= 0.6 is 0 Å². The first-order valence-electron chi connectivity index (χ1n) is 6.96. The maximum absolute atomic E-state index is 13.6. The predicted molar refractivity (Wildman–Crippen MR) is 80.5 cm³/mol. The Morgan fingerprint density at radius 2 is 1.67 bits per heavy atom. The SMILES string of the molecule is CC(C)COc1ccccc1NCc1c(F)cccc1F. The van der Waals surface area contributed by atoms with Gasteiger partial charge in [0.1, 0.15) is 17.4 Å². The molecule has 0 spiro atoms. The van der Waals surface area contributed by atoms with Crippen LogP contribution in [-0.4, -0.2) is 6.61 Å². The Balaban J connectivity index is 2.09. The molecular weight excluding hydrogens is 272 g/mol. The van der Waals surface area contributed by atoms with Crippen molar-refractivity contribution in [2.75, 3.05) is 11.9 Å². The molecule has 0 radical (unpaired) electrons. The van der Waals surface area contributed by atoms with Crippen LogP contribution in [0, 0.1) is 17.6 Å². The van der Waals surface area contributed by atoms with Gasteiger partial charge in [0.15, 0.2) is 0 Å². The van der Waals surface area contributed by atoms with E-state index in [1.807, 2.05) is 24.3 Å². The zero-order valence-electron chi connectivity index (χ0n) is 12.2. The summed E-state index contributed by atoms with van der Waals surface area (Å²) < 4.78 is 32.9. The number of rotatable bonds is 6. The number of hydrogen-bond acceptors (Lipinski definition) is 2. The summed E-state index contributed by atoms with van der Waals surface area (Å²) in [4.78, 5) is 0. The number of anilines is 1. The Bertz CT molecular complexity index is 579. The van der Waals surface area contributed by atoms with Crippen LogP contribution in [-0.2, 0) is 6.54 Å². The second-order valence-corrected chi connectivity index (χ2v) is 5.25. The Morgan fingerprint density at radius 1 is 1.00 bits per heavy atom. The lowest BCUT2D eigenvalue weighted by Gasteiger charge is -2.15. The molecule has 0 fully saturated rings. The fourth-order valence-electron chi connectivity index (χ4n) is 1.88. The second kappa shape index (κ2) is 7.07. The summed E-state index contributed by atoms with van der Waals surface area (Å²) in [6, 6.07) is 11.2. The molecule has 112 valence electrons. The van der Waals surface area contributed by atoms with Crippen molar-refractivity contribution in [3.63, 3.8) is 0 Å². The third-order valence-electron chi connectivity index (χ3n) is 2.98. The summed E-state index contributed by atoms with van der Waals surface area (Å²) in [5.41, 5.74) is 0.747. The van der Waals surface area contributed by atoms with E-state index in [0.717, 1.165) is 5.69 Å². The minimum absolute atomic E-state index is 0.0242. The molecule has 0 aliphatic rings. The average Bonchev–Trinajstić information content (AvgIpc) is 2.45. The molecule has 2 aromatic rings. The lowest BCUT2D eigenvalue weighted by molar-refractivity contribution is 0.272. The fourth-order valence-corrected chi connectivity index (χ4v) is 1.88. The minimum Gasteiger partial charge on any atom is -0.491 e. The Labute approximate surface area is 123 Å². The summed E-state index contributed by atoms with van der Waals surface area (Å²) in [6.07, 6.45) is 0. The average molecular weight is 291 g/mol. The van der Waals surface area contributed by atoms with E-state index >= 15 is 0 Å². The summed E-state index contributed by atoms with van der Waals surface area (Å²) in [7, 11) is 0. The van der Waals surface area contributed by atoms with Gasteiger partial charge in [0.25, 0.3) is 0 Å². The lowest BCUT2D eigenvalue weighted by atomic mass is 10.2. The third-order valence-corrected chi connectivity index (χ3v) is 2.98. The van der Waals surface area contributed by atoms with Crippen LogP contribution in [0.1, 0.15) is 19.4 Å². The molecule has 2 rings (SSSR count). The Morgan fingerprint density at radius 3 is 2.33 bits per heavy atom. The molecule has 0 unspecified atom stereocenters. The number of hydrogen-bond donors (Lipinski definition) is 1. The zero-order valence-corrected chi connectivity index (χ0v) is 12.2. The first-order chi connectivity index (χ1) is 10.1. The van der Waals surface area contributed by atoms with Crippen molar-refractivity contribution in [3.8, 4) is 5.75 Å². The topological polar surface area (TPSA) is 21.3 Å². The van der Waals surface area contributed by atoms with Gasteiger partial charge in [-0.1, -0.05) is 32.0 Å². The molecule has 21 heavy (non-hydrogen) atoms. The van der Waals surface area contributed by atoms with Crippen LogP contribution in [0.25, 0.3) is 0 Å². The molecule has 1 N–H and O–H groups in total. The van der Waals surface area contributed by atoms with Gasteiger partial charge in [-0.3, -0.25) is 0 Å². The van der Waals surface area contributed by atoms with Crippen molar-refractivity contribution >= 4 is 5.69 Å². The normalized spacial score (nSPS) is 10.7. The quantitative estimate of drug-likeness (QED) is 0.839. The number of para-hydroxylation sites is 2. The Hall–Kier alpha value is -2.10. The van der Waals surface area contributed by atoms with Crippen LogP contribution in [0.4, 0.5) is 14.5 Å². The molecule has 0 bridgehead atoms. The molecule has 0 saturated carbocycles. The number of ether oxygens (including phenoxy) is 1. The summed E-state index contributed by atoms with van der Waals surface area (Å²) in [5.74, 6) is -0.0174. The molecular formula is C17H19F2NO. The van der Waals surface area contributed by atoms with E-state index in [1.165, 1.54) is 18.2 Å². The van der Waals surface area contributed by atoms with Crippen molar-refractivity contribution in [1.29, 1.82) is 0 Å². The van der Waals surface area contributed by atoms with Crippen molar-refractivity contribution in [1.82, 2.24) is 0 Å². The maximum atomic E-state index is 13.6. The van der Waals surface area contributed by atoms with Crippen molar-refractivity contribution in [2.45, 2.75) is 20.4 Å². The van der Waals surface area contributed by atoms with Crippen LogP contribution in [0.2, 0.25) is 0 Å². The van der Waals surface area contributed by atoms with Crippen molar-refractivity contribution in [2.24, 2.45) is 5.92 Å². The summed E-state index contributed by atoms with van der Waals surface area (Å²) in [6.45, 7) is 4.78. The predicted octanol–water partition coefficient (Wildman–Crippen LogP) is 4.61. The van der Waals surface area contributed by atoms with Gasteiger partial charge in [0.05, 0.1) is 12.3 Å². The molecule has 2 aromatic carbocycles. The fraction of sp³-hybridized carbons (Fsp3) is 0.294. The zero-order chi connectivity index (χ0) is 15.2. The summed E-state index contributed by atoms with van der Waals surface area (Å²) in [5, 5.41) is 3.03. The van der Waals surface area contributed by atoms with E-state index in [0.29, 0.717) is 18.3 Å². The van der Waals surface area contributed by atoms with Gasteiger partial charge >= 0.3 is 0 Å². The molecule has 0 aliphatic heterocycles. The highest BCUT2D eigenvalue weighted by Gasteiger charge is 2.09. The van der Waals surface area contributed by atoms with Gasteiger partial charge in [0, 0.05) is 12.1 Å². The Kier molecular flexibility index (Phi) is 5.14. The molecule has 0 aromatic heterocycles. The monoisotopic (exact) mass is 291 g/mol. The standard InChI is InChI=1S/C17H19F2NO/c1-12(2)11-21-17-9-4-3-8-16(17)20-10-13-14(18)6-5-7-15(13)19/h3-9,12,20H,10-11H2,1-2H3. The summed E-state index contributed by atoms with van der Waals surface area (Å²) >= 11 is 0. The highest BCUT2D eigenvalue weighted by atomic mass is 19.1. The van der Waals surface area contributed by atoms with Gasteiger partial charge in [-0.2, -0.15) is 0 Å². The van der Waals surface area contributed by atoms with E-state index in [4.69, 9.17) is 4.74 Å². The van der Waals surface area contributed by atoms with Crippen LogP contribution in [0.15, 0.2) is 42.5 Å². The van der Waals surface area contributed by atoms with Crippen molar-refractivity contribution in [3.05, 3.63) is 59.7 Å². The first-order valence-corrected chi connectivity index (χ1v) is 6.96. The minimum atomic E-state index is -0.553. The van der Waals surface area contributed by atoms with Crippen LogP contribution in [0.3, 0.4) is 0 Å². The lowest BCUT2D eigenvalue weighted by Crippen LogP contribution is -2.08. The highest BCUT2D eigenvalue weighted by Crippen LogP contribution is 2.25. The maximum Gasteiger partial charge on any atom is 0.142 e. The van der Waals surface area contributed by atoms with E-state index < -0.39 is 11.6 Å². The second-order valence-electron chi connectivity index (χ2n) is 5.25. The molecule has 2 nitrogen and oxygen atoms in total. The van der Waals surface area contributed by atoms with Gasteiger partial charge in [-0.15, -0.1) is 0 Å². The molecule has 0 saturated heterocycles. The first kappa shape index (κ1) is 15.3. The van der Waals surface area contributed by atoms with Crippen LogP contribution in [0.5, 0.6) is 5.75 Å². The van der Waals surface area contributed by atoms with Crippen LogP contribution < -0.4 is 10.1 Å². The molecule has 0 amide bonds. The smallest absolute Gasteiger partial charge is 0.142 e. The van der Waals surface area contributed by atoms with E-state index in [-0.39, 0.29) is 12.1 Å². The van der Waals surface area contributed by atoms with E-state index in [1.54, 1.807) is 0 Å². The van der Waals surface area contributed by atoms with Gasteiger partial charge in [-0.25, -0.2) is 8.78 Å². The van der Waals surface area contributed by atoms with Gasteiger partial charge in [-0.05, 0) is 30.2 Å². The number of halogens is 2. The number of benzene rings is 2. The number of nitrogens with one attached hydrogen (secondary N) is 1. The third kappa shape index (κ3) is 4.18. The van der Waals surface area contributed by atoms with E-state index in [9.17, 15) is 8.78 Å². The molecule has 0 heterocycles. The molecule has 0 atom stereocenters. The van der Waals surface area contributed by atoms with Gasteiger partial charge in [0.2, 0.25) is 0 Å². The molecule has 0 aliphatic carbocycles. The van der Waals surface area contributed by atoms with Gasteiger partial charge < -0.3 is 10.1 Å². The highest BCUT2D eigenvalue weighted by molar-refractivity contribution is 5.56.